The minimum atomic E-state index is -0.998. The molecule has 1 fully saturated rings. The minimum absolute atomic E-state index is 0.102. The van der Waals surface area contributed by atoms with Crippen molar-refractivity contribution in [2.24, 2.45) is 0 Å². The van der Waals surface area contributed by atoms with Crippen LogP contribution in [0, 0.1) is 11.8 Å². The Morgan fingerprint density at radius 3 is 2.86 bits per heavy atom. The lowest BCUT2D eigenvalue weighted by Gasteiger charge is -2.10. The van der Waals surface area contributed by atoms with Gasteiger partial charge in [-0.15, -0.1) is 0 Å². The molecule has 0 spiro atoms. The van der Waals surface area contributed by atoms with Crippen LogP contribution in [0.15, 0.2) is 12.3 Å². The van der Waals surface area contributed by atoms with Crippen LogP contribution in [0.25, 0.3) is 0 Å². The van der Waals surface area contributed by atoms with Gasteiger partial charge in [0.05, 0.1) is 6.20 Å². The van der Waals surface area contributed by atoms with Crippen LogP contribution >= 0.6 is 0 Å². The summed E-state index contributed by atoms with van der Waals surface area (Å²) < 4.78 is 38.6. The maximum atomic E-state index is 13.1. The van der Waals surface area contributed by atoms with Gasteiger partial charge >= 0.3 is 0 Å². The Bertz CT molecular complexity index is 343. The van der Waals surface area contributed by atoms with Crippen molar-refractivity contribution in [3.8, 4) is 0 Å². The molecule has 0 aromatic carbocycles. The molecule has 1 aromatic rings. The van der Waals surface area contributed by atoms with E-state index in [0.717, 1.165) is 12.3 Å². The van der Waals surface area contributed by atoms with Crippen molar-refractivity contribution in [1.29, 1.82) is 0 Å². The average molecular weight is 202 g/mol. The molecule has 0 aliphatic carbocycles. The zero-order chi connectivity index (χ0) is 10.1. The molecule has 1 aliphatic heterocycles. The lowest BCUT2D eigenvalue weighted by molar-refractivity contribution is 0.354. The van der Waals surface area contributed by atoms with Crippen molar-refractivity contribution in [1.82, 2.24) is 10.3 Å². The summed E-state index contributed by atoms with van der Waals surface area (Å²) in [6, 6.07) is 0.589. The number of halogens is 3. The largest absolute Gasteiger partial charge is 0.307 e. The first-order valence-corrected chi connectivity index (χ1v) is 4.35. The monoisotopic (exact) mass is 202 g/mol. The SMILES string of the molecule is Fc1cnc(F)c([C@H]2C[C@H](F)CN2)c1. The van der Waals surface area contributed by atoms with Gasteiger partial charge in [-0.05, 0) is 12.5 Å². The summed E-state index contributed by atoms with van der Waals surface area (Å²) in [5.74, 6) is -1.34. The molecule has 2 rings (SSSR count). The molecule has 2 heterocycles. The normalized spacial score (nSPS) is 26.8. The molecule has 0 unspecified atom stereocenters. The van der Waals surface area contributed by atoms with Crippen LogP contribution in [0.5, 0.6) is 0 Å². The lowest BCUT2D eigenvalue weighted by atomic mass is 10.1. The summed E-state index contributed by atoms with van der Waals surface area (Å²) in [4.78, 5) is 3.24. The molecule has 2 nitrogen and oxygen atoms in total. The predicted octanol–water partition coefficient (Wildman–Crippen LogP) is 1.73. The summed E-state index contributed by atoms with van der Waals surface area (Å²) in [6.45, 7) is 0.181. The fourth-order valence-corrected chi connectivity index (χ4v) is 1.61. The van der Waals surface area contributed by atoms with E-state index in [1.54, 1.807) is 0 Å². The highest BCUT2D eigenvalue weighted by Gasteiger charge is 2.27. The topological polar surface area (TPSA) is 24.9 Å². The number of nitrogens with one attached hydrogen (secondary N) is 1. The molecule has 5 heteroatoms. The summed E-state index contributed by atoms with van der Waals surface area (Å²) in [5.41, 5.74) is 0.102. The molecule has 1 saturated heterocycles. The third-order valence-electron chi connectivity index (χ3n) is 2.29. The van der Waals surface area contributed by atoms with Crippen molar-refractivity contribution >= 4 is 0 Å². The fourth-order valence-electron chi connectivity index (χ4n) is 1.61. The molecule has 1 aromatic heterocycles. The molecule has 14 heavy (non-hydrogen) atoms. The summed E-state index contributed by atoms with van der Waals surface area (Å²) >= 11 is 0. The van der Waals surface area contributed by atoms with E-state index in [2.05, 4.69) is 10.3 Å². The fraction of sp³-hybridized carbons (Fsp3) is 0.444. The average Bonchev–Trinajstić information content (AvgIpc) is 2.56. The smallest absolute Gasteiger partial charge is 0.217 e. The van der Waals surface area contributed by atoms with Crippen molar-refractivity contribution in [2.45, 2.75) is 18.6 Å². The highest BCUT2D eigenvalue weighted by molar-refractivity contribution is 5.18. The standard InChI is InChI=1S/C9H9F3N2/c10-5-1-7(9(12)14-4-5)8-2-6(11)3-13-8/h1,4,6,8,13H,2-3H2/t6-,8+/m0/s1. The maximum absolute atomic E-state index is 13.1. The van der Waals surface area contributed by atoms with Gasteiger partial charge in [0.1, 0.15) is 12.0 Å². The molecular weight excluding hydrogens is 193 g/mol. The van der Waals surface area contributed by atoms with Crippen molar-refractivity contribution < 1.29 is 13.2 Å². The number of rotatable bonds is 1. The van der Waals surface area contributed by atoms with Gasteiger partial charge < -0.3 is 5.32 Å². The summed E-state index contributed by atoms with van der Waals surface area (Å²) in [7, 11) is 0. The van der Waals surface area contributed by atoms with Crippen LogP contribution in [-0.2, 0) is 0 Å². The van der Waals surface area contributed by atoms with E-state index in [0.29, 0.717) is 0 Å². The number of alkyl halides is 1. The third-order valence-corrected chi connectivity index (χ3v) is 2.29. The second-order valence-electron chi connectivity index (χ2n) is 3.33. The molecular formula is C9H9F3N2. The third kappa shape index (κ3) is 1.72. The van der Waals surface area contributed by atoms with Crippen LogP contribution in [0.4, 0.5) is 13.2 Å². The Kier molecular flexibility index (Phi) is 2.41. The zero-order valence-corrected chi connectivity index (χ0v) is 7.30. The van der Waals surface area contributed by atoms with Gasteiger partial charge in [-0.3, -0.25) is 0 Å². The Balaban J connectivity index is 2.27. The minimum Gasteiger partial charge on any atom is -0.307 e. The van der Waals surface area contributed by atoms with Crippen molar-refractivity contribution in [3.05, 3.63) is 29.6 Å². The first kappa shape index (κ1) is 9.45. The number of hydrogen-bond acceptors (Lipinski definition) is 2. The number of hydrogen-bond donors (Lipinski definition) is 1. The van der Waals surface area contributed by atoms with Crippen LogP contribution in [-0.4, -0.2) is 17.7 Å². The Morgan fingerprint density at radius 2 is 2.21 bits per heavy atom. The molecule has 0 bridgehead atoms. The molecule has 1 aliphatic rings. The van der Waals surface area contributed by atoms with E-state index >= 15 is 0 Å². The van der Waals surface area contributed by atoms with Crippen LogP contribution in [0.3, 0.4) is 0 Å². The first-order valence-electron chi connectivity index (χ1n) is 4.35. The van der Waals surface area contributed by atoms with E-state index in [9.17, 15) is 13.2 Å². The van der Waals surface area contributed by atoms with Gasteiger partial charge in [0.2, 0.25) is 5.95 Å². The second-order valence-corrected chi connectivity index (χ2v) is 3.33. The first-order chi connectivity index (χ1) is 6.66. The van der Waals surface area contributed by atoms with Crippen LogP contribution in [0.2, 0.25) is 0 Å². The van der Waals surface area contributed by atoms with Gasteiger partial charge in [0, 0.05) is 18.2 Å². The Hall–Kier alpha value is -1.10. The molecule has 76 valence electrons. The van der Waals surface area contributed by atoms with Gasteiger partial charge in [-0.25, -0.2) is 13.8 Å². The van der Waals surface area contributed by atoms with Crippen LogP contribution < -0.4 is 5.32 Å². The molecule has 0 saturated carbocycles. The van der Waals surface area contributed by atoms with E-state index in [4.69, 9.17) is 0 Å². The van der Waals surface area contributed by atoms with Gasteiger partial charge in [0.25, 0.3) is 0 Å². The van der Waals surface area contributed by atoms with E-state index in [1.807, 2.05) is 0 Å². The number of aromatic nitrogens is 1. The van der Waals surface area contributed by atoms with E-state index in [1.165, 1.54) is 0 Å². The highest BCUT2D eigenvalue weighted by Crippen LogP contribution is 2.26. The van der Waals surface area contributed by atoms with Gasteiger partial charge in [0.15, 0.2) is 0 Å². The lowest BCUT2D eigenvalue weighted by Crippen LogP contribution is -2.15. The quantitative estimate of drug-likeness (QED) is 0.701. The number of pyridine rings is 1. The molecule has 2 atom stereocenters. The van der Waals surface area contributed by atoms with Crippen molar-refractivity contribution in [3.63, 3.8) is 0 Å². The highest BCUT2D eigenvalue weighted by atomic mass is 19.1. The Labute approximate surface area is 79.2 Å². The zero-order valence-electron chi connectivity index (χ0n) is 7.30. The van der Waals surface area contributed by atoms with Crippen molar-refractivity contribution in [2.75, 3.05) is 6.54 Å². The van der Waals surface area contributed by atoms with Crippen LogP contribution in [0.1, 0.15) is 18.0 Å². The maximum Gasteiger partial charge on any atom is 0.217 e. The second kappa shape index (κ2) is 3.57. The van der Waals surface area contributed by atoms with Gasteiger partial charge in [-0.1, -0.05) is 0 Å². The number of nitrogens with zero attached hydrogens (tertiary/aromatic N) is 1. The Morgan fingerprint density at radius 1 is 1.43 bits per heavy atom. The molecule has 0 amide bonds. The van der Waals surface area contributed by atoms with Gasteiger partial charge in [-0.2, -0.15) is 4.39 Å². The molecule has 0 radical (unpaired) electrons. The van der Waals surface area contributed by atoms with E-state index < -0.39 is 24.0 Å². The summed E-state index contributed by atoms with van der Waals surface area (Å²) in [5, 5.41) is 2.77. The van der Waals surface area contributed by atoms with E-state index in [-0.39, 0.29) is 18.5 Å². The predicted molar refractivity (Wildman–Crippen MR) is 44.4 cm³/mol. The summed E-state index contributed by atoms with van der Waals surface area (Å²) in [6.07, 6.45) is -0.0226. The molecule has 1 N–H and O–H groups in total.